The molecule has 0 bridgehead atoms. The number of halogens is 1. The smallest absolute Gasteiger partial charge is 0.188 e. The Morgan fingerprint density at radius 3 is 2.69 bits per heavy atom. The van der Waals surface area contributed by atoms with Crippen LogP contribution in [0.2, 0.25) is 5.02 Å². The number of aliphatic hydroxyl groups excluding tert-OH is 1. The number of methoxy groups -OCH3 is 1. The molecule has 3 aromatic rings. The number of aromatic nitrogens is 2. The van der Waals surface area contributed by atoms with E-state index in [1.54, 1.807) is 25.3 Å². The van der Waals surface area contributed by atoms with Gasteiger partial charge in [-0.25, -0.2) is 4.85 Å². The Labute approximate surface area is 192 Å². The summed E-state index contributed by atoms with van der Waals surface area (Å²) in [6.45, 7) is 11.6. The Morgan fingerprint density at radius 2 is 2.00 bits per heavy atom. The van der Waals surface area contributed by atoms with E-state index in [0.717, 1.165) is 16.3 Å². The fraction of sp³-hybridized carbons (Fsp3) is 0.292. The number of hydrogen-bond acceptors (Lipinski definition) is 6. The minimum atomic E-state index is -0.752. The lowest BCUT2D eigenvalue weighted by Gasteiger charge is -2.17. The molecule has 1 heterocycles. The molecule has 8 heteroatoms. The molecule has 0 radical (unpaired) electrons. The molecule has 0 atom stereocenters. The predicted molar refractivity (Wildman–Crippen MR) is 125 cm³/mol. The number of benzene rings is 2. The number of anilines is 1. The maximum absolute atomic E-state index is 8.97. The van der Waals surface area contributed by atoms with Crippen LogP contribution in [0.4, 0.5) is 11.5 Å². The van der Waals surface area contributed by atoms with E-state index >= 15 is 0 Å². The topological polar surface area (TPSA) is 80.9 Å². The minimum Gasteiger partial charge on any atom is -0.495 e. The van der Waals surface area contributed by atoms with Crippen molar-refractivity contribution in [2.75, 3.05) is 25.6 Å². The van der Waals surface area contributed by atoms with E-state index in [4.69, 9.17) is 32.8 Å². The van der Waals surface area contributed by atoms with E-state index in [1.165, 1.54) is 0 Å². The third-order valence-corrected chi connectivity index (χ3v) is 4.90. The SMILES string of the molecule is [C-]#[N+]c1ccc2c(C#CC(C)(C)OCCO)nnc(NCc3ccc(OC)c(Cl)c3)c2c1. The molecule has 164 valence electrons. The number of aliphatic hydroxyl groups is 1. The van der Waals surface area contributed by atoms with Crippen LogP contribution < -0.4 is 10.1 Å². The number of hydrogen-bond donors (Lipinski definition) is 2. The number of ether oxygens (including phenoxy) is 2. The molecule has 2 aromatic carbocycles. The minimum absolute atomic E-state index is 0.0764. The van der Waals surface area contributed by atoms with Crippen molar-refractivity contribution >= 4 is 33.9 Å². The maximum atomic E-state index is 8.97. The summed E-state index contributed by atoms with van der Waals surface area (Å²) in [4.78, 5) is 3.52. The van der Waals surface area contributed by atoms with Crippen LogP contribution in [0.5, 0.6) is 5.75 Å². The van der Waals surface area contributed by atoms with Gasteiger partial charge in [-0.1, -0.05) is 35.7 Å². The van der Waals surface area contributed by atoms with Gasteiger partial charge in [-0.3, -0.25) is 0 Å². The summed E-state index contributed by atoms with van der Waals surface area (Å²) in [6, 6.07) is 10.8. The highest BCUT2D eigenvalue weighted by atomic mass is 35.5. The molecule has 0 amide bonds. The Bertz CT molecular complexity index is 1230. The Hall–Kier alpha value is -3.36. The first kappa shape index (κ1) is 23.3. The highest BCUT2D eigenvalue weighted by molar-refractivity contribution is 6.32. The van der Waals surface area contributed by atoms with Crippen LogP contribution in [0, 0.1) is 18.4 Å². The lowest BCUT2D eigenvalue weighted by atomic mass is 10.1. The van der Waals surface area contributed by atoms with Crippen molar-refractivity contribution in [3.05, 3.63) is 64.1 Å². The maximum Gasteiger partial charge on any atom is 0.188 e. The van der Waals surface area contributed by atoms with Crippen LogP contribution in [-0.2, 0) is 11.3 Å². The summed E-state index contributed by atoms with van der Waals surface area (Å²) in [5.41, 5.74) is 1.16. The second-order valence-corrected chi connectivity index (χ2v) is 7.80. The van der Waals surface area contributed by atoms with Gasteiger partial charge in [0.2, 0.25) is 0 Å². The molecule has 0 aliphatic carbocycles. The lowest BCUT2D eigenvalue weighted by molar-refractivity contribution is 0.00604. The first-order valence-electron chi connectivity index (χ1n) is 9.89. The van der Waals surface area contributed by atoms with Crippen molar-refractivity contribution in [2.24, 2.45) is 0 Å². The Balaban J connectivity index is 1.94. The largest absolute Gasteiger partial charge is 0.495 e. The first-order valence-corrected chi connectivity index (χ1v) is 10.3. The lowest BCUT2D eigenvalue weighted by Crippen LogP contribution is -2.23. The third-order valence-electron chi connectivity index (χ3n) is 4.60. The molecule has 7 nitrogen and oxygen atoms in total. The number of fused-ring (bicyclic) bond motifs is 1. The standard InChI is InChI=1S/C24H23ClN4O3/c1-24(2,32-12-11-30)10-9-21-18-7-6-17(26-3)14-19(18)23(29-28-21)27-15-16-5-8-22(31-4)20(25)13-16/h5-8,13-14,30H,11-12,15H2,1-2,4H3,(H,27,29). The van der Waals surface area contributed by atoms with E-state index in [-0.39, 0.29) is 13.2 Å². The molecule has 0 aliphatic heterocycles. The van der Waals surface area contributed by atoms with Crippen molar-refractivity contribution in [3.8, 4) is 17.6 Å². The summed E-state index contributed by atoms with van der Waals surface area (Å²) >= 11 is 6.22. The van der Waals surface area contributed by atoms with Gasteiger partial charge in [-0.2, -0.15) is 0 Å². The van der Waals surface area contributed by atoms with Gasteiger partial charge in [0.25, 0.3) is 0 Å². The molecule has 3 rings (SSSR count). The van der Waals surface area contributed by atoms with Crippen molar-refractivity contribution in [1.82, 2.24) is 10.2 Å². The second kappa shape index (κ2) is 10.3. The summed E-state index contributed by atoms with van der Waals surface area (Å²) in [7, 11) is 1.57. The van der Waals surface area contributed by atoms with Gasteiger partial charge in [0.05, 0.1) is 31.9 Å². The molecular weight excluding hydrogens is 428 g/mol. The van der Waals surface area contributed by atoms with E-state index in [0.29, 0.717) is 34.5 Å². The number of nitrogens with zero attached hydrogens (tertiary/aromatic N) is 3. The Kier molecular flexibility index (Phi) is 7.50. The zero-order valence-electron chi connectivity index (χ0n) is 18.1. The summed E-state index contributed by atoms with van der Waals surface area (Å²) in [6.07, 6.45) is 0. The van der Waals surface area contributed by atoms with Gasteiger partial charge >= 0.3 is 0 Å². The van der Waals surface area contributed by atoms with Gasteiger partial charge < -0.3 is 19.9 Å². The predicted octanol–water partition coefficient (Wildman–Crippen LogP) is 4.59. The van der Waals surface area contributed by atoms with Crippen LogP contribution in [-0.4, -0.2) is 41.2 Å². The summed E-state index contributed by atoms with van der Waals surface area (Å²) in [5.74, 6) is 7.21. The highest BCUT2D eigenvalue weighted by Crippen LogP contribution is 2.29. The summed E-state index contributed by atoms with van der Waals surface area (Å²) in [5, 5.41) is 22.9. The fourth-order valence-corrected chi connectivity index (χ4v) is 3.27. The van der Waals surface area contributed by atoms with E-state index in [1.807, 2.05) is 32.0 Å². The molecule has 32 heavy (non-hydrogen) atoms. The number of nitrogens with one attached hydrogen (secondary N) is 1. The zero-order chi connectivity index (χ0) is 23.1. The molecule has 0 saturated heterocycles. The van der Waals surface area contributed by atoms with E-state index in [2.05, 4.69) is 32.2 Å². The van der Waals surface area contributed by atoms with Crippen LogP contribution in [0.1, 0.15) is 25.1 Å². The van der Waals surface area contributed by atoms with Gasteiger partial charge in [-0.05, 0) is 43.5 Å². The molecular formula is C24H23ClN4O3. The molecule has 0 spiro atoms. The molecule has 0 fully saturated rings. The van der Waals surface area contributed by atoms with Crippen LogP contribution in [0.15, 0.2) is 36.4 Å². The average molecular weight is 451 g/mol. The van der Waals surface area contributed by atoms with Crippen molar-refractivity contribution in [2.45, 2.75) is 26.0 Å². The average Bonchev–Trinajstić information content (AvgIpc) is 2.80. The van der Waals surface area contributed by atoms with Crippen LogP contribution in [0.3, 0.4) is 0 Å². The molecule has 1 aromatic heterocycles. The molecule has 0 aliphatic rings. The van der Waals surface area contributed by atoms with Gasteiger partial charge in [-0.15, -0.1) is 10.2 Å². The normalized spacial score (nSPS) is 10.9. The third kappa shape index (κ3) is 5.66. The van der Waals surface area contributed by atoms with Crippen molar-refractivity contribution < 1.29 is 14.6 Å². The summed E-state index contributed by atoms with van der Waals surface area (Å²) < 4.78 is 10.7. The Morgan fingerprint density at radius 1 is 1.19 bits per heavy atom. The van der Waals surface area contributed by atoms with Crippen molar-refractivity contribution in [3.63, 3.8) is 0 Å². The van der Waals surface area contributed by atoms with Gasteiger partial charge in [0.1, 0.15) is 17.0 Å². The monoisotopic (exact) mass is 450 g/mol. The van der Waals surface area contributed by atoms with Gasteiger partial charge in [0, 0.05) is 17.3 Å². The van der Waals surface area contributed by atoms with E-state index < -0.39 is 5.60 Å². The highest BCUT2D eigenvalue weighted by Gasteiger charge is 2.15. The molecule has 2 N–H and O–H groups in total. The second-order valence-electron chi connectivity index (χ2n) is 7.39. The quantitative estimate of drug-likeness (QED) is 0.404. The zero-order valence-corrected chi connectivity index (χ0v) is 18.8. The van der Waals surface area contributed by atoms with Crippen LogP contribution in [0.25, 0.3) is 15.6 Å². The number of rotatable bonds is 7. The van der Waals surface area contributed by atoms with Crippen molar-refractivity contribution in [1.29, 1.82) is 0 Å². The van der Waals surface area contributed by atoms with Crippen LogP contribution >= 0.6 is 11.6 Å². The molecule has 0 saturated carbocycles. The first-order chi connectivity index (χ1) is 15.4. The molecule has 0 unspecified atom stereocenters. The van der Waals surface area contributed by atoms with E-state index in [9.17, 15) is 0 Å². The van der Waals surface area contributed by atoms with Gasteiger partial charge in [0.15, 0.2) is 11.5 Å². The fourth-order valence-electron chi connectivity index (χ4n) is 2.99.